The average molecular weight is 421 g/mol. The average Bonchev–Trinajstić information content (AvgIpc) is 3.36. The molecule has 3 aromatic rings. The molecule has 1 aliphatic heterocycles. The largest absolute Gasteiger partial charge is 0.311 e. The van der Waals surface area contributed by atoms with Gasteiger partial charge >= 0.3 is 0 Å². The molecule has 0 radical (unpaired) electrons. The van der Waals surface area contributed by atoms with Crippen molar-refractivity contribution in [1.29, 1.82) is 0 Å². The Morgan fingerprint density at radius 3 is 2.70 bits per heavy atom. The minimum absolute atomic E-state index is 0.00154. The molecule has 2 heterocycles. The second kappa shape index (κ2) is 9.17. The molecule has 1 N–H and O–H groups in total. The van der Waals surface area contributed by atoms with Gasteiger partial charge in [-0.3, -0.25) is 9.59 Å². The van der Waals surface area contributed by atoms with Gasteiger partial charge in [0.1, 0.15) is 5.01 Å². The summed E-state index contributed by atoms with van der Waals surface area (Å²) in [7, 11) is 0. The number of amides is 2. The first-order valence-electron chi connectivity index (χ1n) is 10.1. The summed E-state index contributed by atoms with van der Waals surface area (Å²) in [4.78, 5) is 26.6. The van der Waals surface area contributed by atoms with Crippen LogP contribution < -0.4 is 10.2 Å². The molecule has 1 fully saturated rings. The molecular weight excluding hydrogens is 396 g/mol. The number of hydrogen-bond acceptors (Lipinski definition) is 5. The minimum Gasteiger partial charge on any atom is -0.311 e. The van der Waals surface area contributed by atoms with Crippen LogP contribution in [-0.4, -0.2) is 28.6 Å². The Hall–Kier alpha value is -3.06. The quantitative estimate of drug-likeness (QED) is 0.617. The third-order valence-corrected chi connectivity index (χ3v) is 6.28. The zero-order valence-corrected chi connectivity index (χ0v) is 17.7. The second-order valence-electron chi connectivity index (χ2n) is 7.52. The van der Waals surface area contributed by atoms with E-state index in [4.69, 9.17) is 0 Å². The lowest BCUT2D eigenvalue weighted by Crippen LogP contribution is -2.25. The summed E-state index contributed by atoms with van der Waals surface area (Å²) in [5, 5.41) is 12.5. The van der Waals surface area contributed by atoms with Crippen LogP contribution in [0.1, 0.15) is 41.3 Å². The van der Waals surface area contributed by atoms with E-state index < -0.39 is 0 Å². The van der Waals surface area contributed by atoms with Crippen LogP contribution in [0.3, 0.4) is 0 Å². The van der Waals surface area contributed by atoms with Gasteiger partial charge in [0.2, 0.25) is 16.9 Å². The van der Waals surface area contributed by atoms with E-state index in [9.17, 15) is 9.59 Å². The van der Waals surface area contributed by atoms with Crippen molar-refractivity contribution in [3.63, 3.8) is 0 Å². The number of rotatable bonds is 7. The number of benzene rings is 2. The van der Waals surface area contributed by atoms with Crippen molar-refractivity contribution in [3.8, 4) is 0 Å². The number of aromatic nitrogens is 2. The number of para-hydroxylation sites is 1. The Kier molecular flexibility index (Phi) is 6.18. The van der Waals surface area contributed by atoms with Crippen molar-refractivity contribution in [2.75, 3.05) is 16.8 Å². The van der Waals surface area contributed by atoms with Crippen molar-refractivity contribution in [2.45, 2.75) is 38.5 Å². The lowest BCUT2D eigenvalue weighted by Gasteiger charge is -2.18. The fourth-order valence-corrected chi connectivity index (χ4v) is 4.55. The third-order valence-electron chi connectivity index (χ3n) is 5.28. The lowest BCUT2D eigenvalue weighted by atomic mass is 10.1. The van der Waals surface area contributed by atoms with E-state index in [1.54, 1.807) is 0 Å². The molecule has 1 aromatic heterocycles. The van der Waals surface area contributed by atoms with Crippen molar-refractivity contribution < 1.29 is 9.59 Å². The van der Waals surface area contributed by atoms with Gasteiger partial charge in [-0.25, -0.2) is 0 Å². The van der Waals surface area contributed by atoms with Crippen molar-refractivity contribution >= 4 is 34.0 Å². The van der Waals surface area contributed by atoms with Crippen LogP contribution in [0.15, 0.2) is 54.6 Å². The molecule has 1 saturated heterocycles. The number of anilines is 2. The maximum atomic E-state index is 12.5. The van der Waals surface area contributed by atoms with E-state index in [0.29, 0.717) is 24.5 Å². The molecule has 0 saturated carbocycles. The fraction of sp³-hybridized carbons (Fsp3) is 0.304. The fourth-order valence-electron chi connectivity index (χ4n) is 3.70. The zero-order valence-electron chi connectivity index (χ0n) is 16.9. The summed E-state index contributed by atoms with van der Waals surface area (Å²) in [6.07, 6.45) is 2.50. The van der Waals surface area contributed by atoms with Crippen molar-refractivity contribution in [2.24, 2.45) is 0 Å². The van der Waals surface area contributed by atoms with Gasteiger partial charge in [-0.1, -0.05) is 59.9 Å². The molecule has 6 nitrogen and oxygen atoms in total. The van der Waals surface area contributed by atoms with Gasteiger partial charge in [0.05, 0.1) is 0 Å². The van der Waals surface area contributed by atoms with Gasteiger partial charge in [0.25, 0.3) is 0 Å². The van der Waals surface area contributed by atoms with Gasteiger partial charge in [0.15, 0.2) is 0 Å². The Balaban J connectivity index is 1.31. The predicted octanol–water partition coefficient (Wildman–Crippen LogP) is 4.33. The number of nitrogens with zero attached hydrogens (tertiary/aromatic N) is 3. The highest BCUT2D eigenvalue weighted by atomic mass is 32.1. The molecule has 0 bridgehead atoms. The lowest BCUT2D eigenvalue weighted by molar-refractivity contribution is -0.117. The van der Waals surface area contributed by atoms with Gasteiger partial charge in [-0.15, -0.1) is 10.2 Å². The van der Waals surface area contributed by atoms with Crippen LogP contribution in [0.5, 0.6) is 0 Å². The van der Waals surface area contributed by atoms with Crippen LogP contribution in [-0.2, 0) is 16.0 Å². The summed E-state index contributed by atoms with van der Waals surface area (Å²) in [6, 6.07) is 18.0. The first kappa shape index (κ1) is 20.2. The maximum Gasteiger partial charge on any atom is 0.227 e. The summed E-state index contributed by atoms with van der Waals surface area (Å²) >= 11 is 1.36. The molecule has 30 heavy (non-hydrogen) atoms. The van der Waals surface area contributed by atoms with E-state index in [2.05, 4.69) is 27.6 Å². The number of carbonyl (C=O) groups is 2. The summed E-state index contributed by atoms with van der Waals surface area (Å²) in [6.45, 7) is 2.59. The van der Waals surface area contributed by atoms with E-state index in [1.807, 2.05) is 54.3 Å². The SMILES string of the molecule is Cc1ccccc1N1C[C@H](c2nnc(NC(=O)CCCc3ccccc3)s2)CC1=O. The van der Waals surface area contributed by atoms with Crippen LogP contribution >= 0.6 is 11.3 Å². The van der Waals surface area contributed by atoms with Crippen LogP contribution in [0.25, 0.3) is 0 Å². The minimum atomic E-state index is -0.0577. The number of nitrogens with one attached hydrogen (secondary N) is 1. The number of aryl methyl sites for hydroxylation is 2. The zero-order chi connectivity index (χ0) is 20.9. The molecular formula is C23H24N4O2S. The van der Waals surface area contributed by atoms with Crippen LogP contribution in [0, 0.1) is 6.92 Å². The molecule has 0 unspecified atom stereocenters. The van der Waals surface area contributed by atoms with Crippen molar-refractivity contribution in [1.82, 2.24) is 10.2 Å². The maximum absolute atomic E-state index is 12.5. The molecule has 2 aromatic carbocycles. The van der Waals surface area contributed by atoms with E-state index in [0.717, 1.165) is 29.1 Å². The molecule has 2 amide bonds. The number of hydrogen-bond donors (Lipinski definition) is 1. The third kappa shape index (κ3) is 4.74. The number of carbonyl (C=O) groups excluding carboxylic acids is 2. The summed E-state index contributed by atoms with van der Waals surface area (Å²) in [5.74, 6) is 0.0343. The van der Waals surface area contributed by atoms with Gasteiger partial charge in [-0.05, 0) is 37.0 Å². The summed E-state index contributed by atoms with van der Waals surface area (Å²) < 4.78 is 0. The smallest absolute Gasteiger partial charge is 0.227 e. The van der Waals surface area contributed by atoms with Gasteiger partial charge < -0.3 is 10.2 Å². The van der Waals surface area contributed by atoms with Gasteiger partial charge in [0, 0.05) is 31.0 Å². The Morgan fingerprint density at radius 1 is 1.13 bits per heavy atom. The topological polar surface area (TPSA) is 75.2 Å². The summed E-state index contributed by atoms with van der Waals surface area (Å²) in [5.41, 5.74) is 3.25. The Labute approximate surface area is 180 Å². The molecule has 7 heteroatoms. The van der Waals surface area contributed by atoms with Crippen molar-refractivity contribution in [3.05, 3.63) is 70.7 Å². The Morgan fingerprint density at radius 2 is 1.90 bits per heavy atom. The van der Waals surface area contributed by atoms with E-state index in [-0.39, 0.29) is 17.7 Å². The highest BCUT2D eigenvalue weighted by Crippen LogP contribution is 2.35. The predicted molar refractivity (Wildman–Crippen MR) is 119 cm³/mol. The molecule has 0 aliphatic carbocycles. The highest BCUT2D eigenvalue weighted by Gasteiger charge is 2.34. The molecule has 0 spiro atoms. The van der Waals surface area contributed by atoms with E-state index >= 15 is 0 Å². The normalized spacial score (nSPS) is 16.1. The molecule has 1 aliphatic rings. The first-order valence-corrected chi connectivity index (χ1v) is 10.9. The highest BCUT2D eigenvalue weighted by molar-refractivity contribution is 7.15. The standard InChI is InChI=1S/C23H24N4O2S/c1-16-8-5-6-12-19(16)27-15-18(14-21(27)29)22-25-26-23(30-22)24-20(28)13-7-11-17-9-3-2-4-10-17/h2-6,8-10,12,18H,7,11,13-15H2,1H3,(H,24,26,28)/t18-/m1/s1. The molecule has 4 rings (SSSR count). The molecule has 154 valence electrons. The van der Waals surface area contributed by atoms with E-state index in [1.165, 1.54) is 16.9 Å². The van der Waals surface area contributed by atoms with Crippen LogP contribution in [0.2, 0.25) is 0 Å². The second-order valence-corrected chi connectivity index (χ2v) is 8.53. The Bertz CT molecular complexity index is 1030. The molecule has 1 atom stereocenters. The first-order chi connectivity index (χ1) is 14.6. The van der Waals surface area contributed by atoms with Crippen LogP contribution in [0.4, 0.5) is 10.8 Å². The monoisotopic (exact) mass is 420 g/mol. The van der Waals surface area contributed by atoms with Gasteiger partial charge in [-0.2, -0.15) is 0 Å².